The third-order valence-electron chi connectivity index (χ3n) is 3.35. The van der Waals surface area contributed by atoms with Gasteiger partial charge in [0.25, 0.3) is 0 Å². The summed E-state index contributed by atoms with van der Waals surface area (Å²) < 4.78 is 23.7. The molecule has 1 aromatic carbocycles. The van der Waals surface area contributed by atoms with Crippen LogP contribution >= 0.6 is 0 Å². The van der Waals surface area contributed by atoms with E-state index in [4.69, 9.17) is 9.47 Å². The van der Waals surface area contributed by atoms with Crippen molar-refractivity contribution in [2.45, 2.75) is 19.4 Å². The van der Waals surface area contributed by atoms with E-state index in [0.29, 0.717) is 24.8 Å². The van der Waals surface area contributed by atoms with Crippen LogP contribution in [0.3, 0.4) is 0 Å². The minimum absolute atomic E-state index is 0.152. The fourth-order valence-electron chi connectivity index (χ4n) is 2.23. The Morgan fingerprint density at radius 3 is 3.27 bits per heavy atom. The Morgan fingerprint density at radius 1 is 1.50 bits per heavy atom. The molecule has 2 heterocycles. The van der Waals surface area contributed by atoms with Crippen LogP contribution in [0.4, 0.5) is 10.2 Å². The summed E-state index contributed by atoms with van der Waals surface area (Å²) in [6, 6.07) is 5.81. The fraction of sp³-hybridized carbons (Fsp3) is 0.333. The van der Waals surface area contributed by atoms with Gasteiger partial charge in [-0.25, -0.2) is 4.39 Å². The maximum Gasteiger partial charge on any atom is 0.229 e. The van der Waals surface area contributed by atoms with Gasteiger partial charge in [0.1, 0.15) is 11.6 Å². The van der Waals surface area contributed by atoms with Gasteiger partial charge in [-0.1, -0.05) is 6.07 Å². The van der Waals surface area contributed by atoms with Crippen molar-refractivity contribution in [3.8, 4) is 5.75 Å². The minimum Gasteiger partial charge on any atom is -0.493 e. The zero-order valence-corrected chi connectivity index (χ0v) is 11.9. The molecule has 22 heavy (non-hydrogen) atoms. The number of amides is 1. The topological polar surface area (TPSA) is 76.2 Å². The van der Waals surface area contributed by atoms with Crippen LogP contribution in [0.5, 0.6) is 5.75 Å². The Balaban J connectivity index is 1.49. The molecule has 1 amide bonds. The number of nitrogens with zero attached hydrogens (tertiary/aromatic N) is 1. The lowest BCUT2D eigenvalue weighted by Gasteiger charge is -2.12. The zero-order chi connectivity index (χ0) is 15.4. The smallest absolute Gasteiger partial charge is 0.229 e. The van der Waals surface area contributed by atoms with Crippen molar-refractivity contribution < 1.29 is 18.7 Å². The first-order chi connectivity index (χ1) is 10.7. The summed E-state index contributed by atoms with van der Waals surface area (Å²) in [5, 5.41) is 9.72. The van der Waals surface area contributed by atoms with Crippen molar-refractivity contribution >= 4 is 11.7 Å². The van der Waals surface area contributed by atoms with Gasteiger partial charge in [0.15, 0.2) is 5.82 Å². The van der Waals surface area contributed by atoms with E-state index in [-0.39, 0.29) is 24.8 Å². The van der Waals surface area contributed by atoms with Crippen LogP contribution in [-0.2, 0) is 22.6 Å². The molecule has 2 N–H and O–H groups in total. The molecule has 6 nitrogen and oxygen atoms in total. The van der Waals surface area contributed by atoms with Crippen molar-refractivity contribution in [1.82, 2.24) is 10.2 Å². The quantitative estimate of drug-likeness (QED) is 0.886. The number of anilines is 1. The van der Waals surface area contributed by atoms with Crippen molar-refractivity contribution in [1.29, 1.82) is 0 Å². The average Bonchev–Trinajstić information content (AvgIpc) is 2.91. The Labute approximate surface area is 126 Å². The van der Waals surface area contributed by atoms with Gasteiger partial charge in [0, 0.05) is 23.7 Å². The second kappa shape index (κ2) is 6.57. The Bertz CT molecular complexity index is 672. The fourth-order valence-corrected chi connectivity index (χ4v) is 2.23. The number of carbonyl (C=O) groups excluding carboxylic acids is 1. The Kier molecular flexibility index (Phi) is 4.34. The number of nitrogens with one attached hydrogen (secondary N) is 2. The molecule has 0 saturated heterocycles. The number of benzene rings is 1. The largest absolute Gasteiger partial charge is 0.493 e. The first kappa shape index (κ1) is 14.5. The van der Waals surface area contributed by atoms with E-state index in [0.717, 1.165) is 17.7 Å². The van der Waals surface area contributed by atoms with Gasteiger partial charge in [-0.3, -0.25) is 9.89 Å². The van der Waals surface area contributed by atoms with E-state index < -0.39 is 0 Å². The molecule has 2 aromatic rings. The Morgan fingerprint density at radius 2 is 2.41 bits per heavy atom. The van der Waals surface area contributed by atoms with Crippen LogP contribution in [-0.4, -0.2) is 29.3 Å². The highest BCUT2D eigenvalue weighted by Gasteiger charge is 2.18. The SMILES string of the molecule is O=C(CCOc1cccc(F)c1)Nc1n[nH]c2c1COCC2. The summed E-state index contributed by atoms with van der Waals surface area (Å²) in [6.07, 6.45) is 0.917. The number of halogens is 1. The molecule has 0 saturated carbocycles. The molecule has 0 unspecified atom stereocenters. The van der Waals surface area contributed by atoms with Crippen molar-refractivity contribution in [3.05, 3.63) is 41.3 Å². The lowest BCUT2D eigenvalue weighted by Crippen LogP contribution is -2.17. The molecule has 3 rings (SSSR count). The predicted octanol–water partition coefficient (Wildman–Crippen LogP) is 2.03. The normalized spacial score (nSPS) is 13.5. The molecule has 116 valence electrons. The highest BCUT2D eigenvalue weighted by atomic mass is 19.1. The molecule has 1 aliphatic heterocycles. The van der Waals surface area contributed by atoms with Crippen LogP contribution in [0.2, 0.25) is 0 Å². The van der Waals surface area contributed by atoms with Crippen LogP contribution in [0, 0.1) is 5.82 Å². The standard InChI is InChI=1S/C15H16FN3O3/c16-10-2-1-3-11(8-10)22-7-5-14(20)17-15-12-9-21-6-4-13(12)18-19-15/h1-3,8H,4-7,9H2,(H2,17,18,19,20). The molecule has 0 bridgehead atoms. The van der Waals surface area contributed by atoms with Crippen LogP contribution < -0.4 is 10.1 Å². The van der Waals surface area contributed by atoms with Gasteiger partial charge in [0.05, 0.1) is 26.2 Å². The number of ether oxygens (including phenoxy) is 2. The predicted molar refractivity (Wildman–Crippen MR) is 77.1 cm³/mol. The zero-order valence-electron chi connectivity index (χ0n) is 11.9. The van der Waals surface area contributed by atoms with Crippen LogP contribution in [0.1, 0.15) is 17.7 Å². The second-order valence-corrected chi connectivity index (χ2v) is 4.94. The van der Waals surface area contributed by atoms with E-state index >= 15 is 0 Å². The minimum atomic E-state index is -0.370. The average molecular weight is 305 g/mol. The number of rotatable bonds is 5. The molecule has 7 heteroatoms. The number of fused-ring (bicyclic) bond motifs is 1. The molecule has 0 aliphatic carbocycles. The third kappa shape index (κ3) is 3.43. The van der Waals surface area contributed by atoms with E-state index in [1.807, 2.05) is 0 Å². The summed E-state index contributed by atoms with van der Waals surface area (Å²) in [4.78, 5) is 11.9. The Hall–Kier alpha value is -2.41. The molecule has 0 atom stereocenters. The number of H-pyrrole nitrogens is 1. The second-order valence-electron chi connectivity index (χ2n) is 4.94. The number of carbonyl (C=O) groups is 1. The van der Waals surface area contributed by atoms with Crippen molar-refractivity contribution in [2.75, 3.05) is 18.5 Å². The molecular weight excluding hydrogens is 289 g/mol. The lowest BCUT2D eigenvalue weighted by molar-refractivity contribution is -0.116. The van der Waals surface area contributed by atoms with Gasteiger partial charge < -0.3 is 14.8 Å². The highest BCUT2D eigenvalue weighted by molar-refractivity contribution is 5.90. The molecule has 0 radical (unpaired) electrons. The molecule has 1 aromatic heterocycles. The summed E-state index contributed by atoms with van der Waals surface area (Å²) in [7, 11) is 0. The van der Waals surface area contributed by atoms with Gasteiger partial charge in [-0.2, -0.15) is 5.10 Å². The molecule has 0 fully saturated rings. The van der Waals surface area contributed by atoms with Crippen LogP contribution in [0.15, 0.2) is 24.3 Å². The van der Waals surface area contributed by atoms with Gasteiger partial charge >= 0.3 is 0 Å². The monoisotopic (exact) mass is 305 g/mol. The number of hydrogen-bond acceptors (Lipinski definition) is 4. The maximum atomic E-state index is 13.0. The summed E-state index contributed by atoms with van der Waals surface area (Å²) >= 11 is 0. The van der Waals surface area contributed by atoms with Gasteiger partial charge in [-0.05, 0) is 12.1 Å². The summed E-state index contributed by atoms with van der Waals surface area (Å²) in [5.74, 6) is 0.324. The number of aromatic amines is 1. The van der Waals surface area contributed by atoms with Gasteiger partial charge in [-0.15, -0.1) is 0 Å². The van der Waals surface area contributed by atoms with E-state index in [1.54, 1.807) is 12.1 Å². The molecular formula is C15H16FN3O3. The first-order valence-corrected chi connectivity index (χ1v) is 7.04. The molecule has 0 spiro atoms. The molecule has 1 aliphatic rings. The number of hydrogen-bond donors (Lipinski definition) is 2. The van der Waals surface area contributed by atoms with Gasteiger partial charge in [0.2, 0.25) is 5.91 Å². The highest BCUT2D eigenvalue weighted by Crippen LogP contribution is 2.22. The lowest BCUT2D eigenvalue weighted by atomic mass is 10.1. The summed E-state index contributed by atoms with van der Waals surface area (Å²) in [6.45, 7) is 1.27. The third-order valence-corrected chi connectivity index (χ3v) is 3.35. The van der Waals surface area contributed by atoms with E-state index in [1.165, 1.54) is 12.1 Å². The summed E-state index contributed by atoms with van der Waals surface area (Å²) in [5.41, 5.74) is 1.89. The first-order valence-electron chi connectivity index (χ1n) is 7.04. The number of aromatic nitrogens is 2. The maximum absolute atomic E-state index is 13.0. The van der Waals surface area contributed by atoms with Crippen molar-refractivity contribution in [2.24, 2.45) is 0 Å². The van der Waals surface area contributed by atoms with E-state index in [2.05, 4.69) is 15.5 Å². The van der Waals surface area contributed by atoms with Crippen LogP contribution in [0.25, 0.3) is 0 Å². The van der Waals surface area contributed by atoms with E-state index in [9.17, 15) is 9.18 Å². The van der Waals surface area contributed by atoms with Crippen molar-refractivity contribution in [3.63, 3.8) is 0 Å².